The number of thiocarbonyl (C=S) groups is 1. The van der Waals surface area contributed by atoms with E-state index in [0.717, 1.165) is 31.2 Å². The van der Waals surface area contributed by atoms with Gasteiger partial charge >= 0.3 is 5.97 Å². The van der Waals surface area contributed by atoms with Crippen molar-refractivity contribution in [3.05, 3.63) is 35.9 Å². The molecule has 7 heteroatoms. The Hall–Kier alpha value is -1.44. The van der Waals surface area contributed by atoms with Crippen LogP contribution >= 0.6 is 24.0 Å². The summed E-state index contributed by atoms with van der Waals surface area (Å²) in [5, 5.41) is 11.6. The standard InChI is InChI=1S/C18H22N2O3S2/c1-23-16(21)18(22)15(19-14-10-6-3-7-11-14)25-17(24)20(18)12-13-8-4-2-5-9-13/h2,4-5,8-9,14,22H,3,6-7,10-12H2,1H3. The molecular formula is C18H22N2O3S2. The maximum absolute atomic E-state index is 12.5. The number of rotatable bonds is 4. The first-order chi connectivity index (χ1) is 12.1. The summed E-state index contributed by atoms with van der Waals surface area (Å²) in [7, 11) is 1.27. The van der Waals surface area contributed by atoms with Gasteiger partial charge in [-0.2, -0.15) is 0 Å². The molecule has 5 nitrogen and oxygen atoms in total. The van der Waals surface area contributed by atoms with Crippen molar-refractivity contribution < 1.29 is 14.6 Å². The number of hydrogen-bond acceptors (Lipinski definition) is 6. The first-order valence-electron chi connectivity index (χ1n) is 8.48. The summed E-state index contributed by atoms with van der Waals surface area (Å²) in [6.07, 6.45) is 5.43. The summed E-state index contributed by atoms with van der Waals surface area (Å²) >= 11 is 6.63. The minimum Gasteiger partial charge on any atom is -0.465 e. The molecule has 1 saturated heterocycles. The van der Waals surface area contributed by atoms with E-state index in [0.29, 0.717) is 15.9 Å². The van der Waals surface area contributed by atoms with E-state index in [1.54, 1.807) is 0 Å². The minimum absolute atomic E-state index is 0.131. The number of carbonyl (C=O) groups is 1. The lowest BCUT2D eigenvalue weighted by Crippen LogP contribution is -2.56. The lowest BCUT2D eigenvalue weighted by atomic mass is 9.96. The normalized spacial score (nSPS) is 26.2. The van der Waals surface area contributed by atoms with E-state index in [1.807, 2.05) is 30.3 Å². The fourth-order valence-corrected chi connectivity index (χ4v) is 4.68. The molecule has 1 N–H and O–H groups in total. The number of benzene rings is 1. The van der Waals surface area contributed by atoms with Gasteiger partial charge in [0.05, 0.1) is 13.2 Å². The Morgan fingerprint density at radius 1 is 1.36 bits per heavy atom. The zero-order valence-corrected chi connectivity index (χ0v) is 15.8. The van der Waals surface area contributed by atoms with Crippen molar-refractivity contribution in [1.29, 1.82) is 0 Å². The lowest BCUT2D eigenvalue weighted by molar-refractivity contribution is -0.165. The summed E-state index contributed by atoms with van der Waals surface area (Å²) in [5.41, 5.74) is -0.990. The van der Waals surface area contributed by atoms with Gasteiger partial charge in [-0.15, -0.1) is 0 Å². The monoisotopic (exact) mass is 378 g/mol. The van der Waals surface area contributed by atoms with E-state index >= 15 is 0 Å². The zero-order chi connectivity index (χ0) is 17.9. The van der Waals surface area contributed by atoms with Crippen LogP contribution in [0.3, 0.4) is 0 Å². The average molecular weight is 379 g/mol. The fourth-order valence-electron chi connectivity index (χ4n) is 3.23. The maximum Gasteiger partial charge on any atom is 0.366 e. The van der Waals surface area contributed by atoms with Crippen LogP contribution in [0.25, 0.3) is 0 Å². The molecular weight excluding hydrogens is 356 g/mol. The molecule has 1 aromatic carbocycles. The van der Waals surface area contributed by atoms with E-state index in [9.17, 15) is 9.90 Å². The highest BCUT2D eigenvalue weighted by Crippen LogP contribution is 2.38. The van der Waals surface area contributed by atoms with Crippen molar-refractivity contribution in [2.45, 2.75) is 50.4 Å². The number of aliphatic hydroxyl groups is 1. The number of carbonyl (C=O) groups excluding carboxylic acids is 1. The average Bonchev–Trinajstić information content (AvgIpc) is 2.88. The molecule has 0 bridgehead atoms. The number of ether oxygens (including phenoxy) is 1. The SMILES string of the molecule is COC(=O)C1(O)C(=NC2CCCCC2)SC(=S)N1Cc1ccccc1. The second-order valence-electron chi connectivity index (χ2n) is 6.33. The molecule has 1 saturated carbocycles. The Bertz CT molecular complexity index is 674. The summed E-state index contributed by atoms with van der Waals surface area (Å²) in [6.45, 7) is 0.321. The Kier molecular flexibility index (Phi) is 5.76. The molecule has 1 unspecified atom stereocenters. The number of nitrogens with zero attached hydrogens (tertiary/aromatic N) is 2. The molecule has 0 amide bonds. The third-order valence-corrected chi connectivity index (χ3v) is 6.07. The summed E-state index contributed by atoms with van der Waals surface area (Å²) < 4.78 is 5.32. The van der Waals surface area contributed by atoms with Crippen LogP contribution in [0.2, 0.25) is 0 Å². The van der Waals surface area contributed by atoms with Gasteiger partial charge in [0, 0.05) is 6.54 Å². The van der Waals surface area contributed by atoms with Crippen LogP contribution in [0.1, 0.15) is 37.7 Å². The number of methoxy groups -OCH3 is 1. The van der Waals surface area contributed by atoms with Gasteiger partial charge in [0.25, 0.3) is 5.72 Å². The second kappa shape index (κ2) is 7.85. The van der Waals surface area contributed by atoms with Gasteiger partial charge in [0.2, 0.25) is 0 Å². The van der Waals surface area contributed by atoms with Crippen LogP contribution in [-0.4, -0.2) is 44.2 Å². The van der Waals surface area contributed by atoms with Crippen LogP contribution in [0.4, 0.5) is 0 Å². The molecule has 1 aromatic rings. The number of aliphatic imine (C=N–C) groups is 1. The minimum atomic E-state index is -1.94. The number of thioether (sulfide) groups is 1. The van der Waals surface area contributed by atoms with Gasteiger partial charge in [-0.3, -0.25) is 4.99 Å². The Morgan fingerprint density at radius 3 is 2.68 bits per heavy atom. The van der Waals surface area contributed by atoms with Crippen LogP contribution in [0.15, 0.2) is 35.3 Å². The van der Waals surface area contributed by atoms with Crippen LogP contribution < -0.4 is 0 Å². The highest BCUT2D eigenvalue weighted by Gasteiger charge is 2.56. The van der Waals surface area contributed by atoms with Gasteiger partial charge < -0.3 is 14.7 Å². The Labute approximate surface area is 157 Å². The van der Waals surface area contributed by atoms with Gasteiger partial charge in [-0.05, 0) is 30.2 Å². The summed E-state index contributed by atoms with van der Waals surface area (Å²) in [6, 6.07) is 9.74. The van der Waals surface area contributed by atoms with Crippen molar-refractivity contribution in [2.24, 2.45) is 4.99 Å². The molecule has 3 rings (SSSR count). The maximum atomic E-state index is 12.5. The molecule has 0 spiro atoms. The van der Waals surface area contributed by atoms with E-state index in [-0.39, 0.29) is 6.04 Å². The highest BCUT2D eigenvalue weighted by molar-refractivity contribution is 8.33. The van der Waals surface area contributed by atoms with Crippen LogP contribution in [0, 0.1) is 0 Å². The molecule has 1 atom stereocenters. The molecule has 0 radical (unpaired) electrons. The Morgan fingerprint density at radius 2 is 2.04 bits per heavy atom. The van der Waals surface area contributed by atoms with Gasteiger partial charge in [0.15, 0.2) is 0 Å². The van der Waals surface area contributed by atoms with E-state index in [1.165, 1.54) is 30.2 Å². The van der Waals surface area contributed by atoms with Gasteiger partial charge in [-0.25, -0.2) is 4.79 Å². The molecule has 25 heavy (non-hydrogen) atoms. The largest absolute Gasteiger partial charge is 0.465 e. The topological polar surface area (TPSA) is 62.1 Å². The third kappa shape index (κ3) is 3.73. The quantitative estimate of drug-likeness (QED) is 0.642. The van der Waals surface area contributed by atoms with Crippen molar-refractivity contribution in [1.82, 2.24) is 4.90 Å². The Balaban J connectivity index is 1.92. The van der Waals surface area contributed by atoms with Crippen molar-refractivity contribution in [3.63, 3.8) is 0 Å². The predicted octanol–water partition coefficient (Wildman–Crippen LogP) is 3.11. The number of esters is 1. The molecule has 1 heterocycles. The molecule has 1 aliphatic carbocycles. The van der Waals surface area contributed by atoms with Gasteiger partial charge in [-0.1, -0.05) is 61.8 Å². The highest BCUT2D eigenvalue weighted by atomic mass is 32.2. The van der Waals surface area contributed by atoms with E-state index in [4.69, 9.17) is 21.9 Å². The second-order valence-corrected chi connectivity index (χ2v) is 7.95. The fraction of sp³-hybridized carbons (Fsp3) is 0.500. The zero-order valence-electron chi connectivity index (χ0n) is 14.2. The molecule has 2 aliphatic rings. The van der Waals surface area contributed by atoms with Crippen molar-refractivity contribution in [2.75, 3.05) is 7.11 Å². The van der Waals surface area contributed by atoms with Crippen molar-refractivity contribution in [3.8, 4) is 0 Å². The van der Waals surface area contributed by atoms with Crippen LogP contribution in [-0.2, 0) is 16.1 Å². The lowest BCUT2D eigenvalue weighted by Gasteiger charge is -2.31. The first-order valence-corrected chi connectivity index (χ1v) is 9.70. The van der Waals surface area contributed by atoms with E-state index in [2.05, 4.69) is 0 Å². The van der Waals surface area contributed by atoms with Crippen molar-refractivity contribution >= 4 is 39.3 Å². The molecule has 2 fully saturated rings. The van der Waals surface area contributed by atoms with E-state index < -0.39 is 11.7 Å². The summed E-state index contributed by atoms with van der Waals surface area (Å²) in [5.74, 6) is -0.745. The van der Waals surface area contributed by atoms with Gasteiger partial charge in [0.1, 0.15) is 9.36 Å². The molecule has 134 valence electrons. The third-order valence-electron chi connectivity index (χ3n) is 4.62. The summed E-state index contributed by atoms with van der Waals surface area (Å²) in [4.78, 5) is 18.7. The molecule has 0 aromatic heterocycles. The molecule has 1 aliphatic heterocycles. The smallest absolute Gasteiger partial charge is 0.366 e. The predicted molar refractivity (Wildman–Crippen MR) is 103 cm³/mol. The first kappa shape index (κ1) is 18.4. The number of hydrogen-bond donors (Lipinski definition) is 1. The van der Waals surface area contributed by atoms with Crippen LogP contribution in [0.5, 0.6) is 0 Å².